The van der Waals surface area contributed by atoms with Gasteiger partial charge in [-0.05, 0) is 76.2 Å². The zero-order chi connectivity index (χ0) is 25.2. The van der Waals surface area contributed by atoms with Crippen molar-refractivity contribution in [3.05, 3.63) is 63.9 Å². The molecule has 3 aromatic rings. The van der Waals surface area contributed by atoms with E-state index in [0.29, 0.717) is 45.4 Å². The van der Waals surface area contributed by atoms with E-state index < -0.39 is 0 Å². The fourth-order valence-corrected chi connectivity index (χ4v) is 5.16. The van der Waals surface area contributed by atoms with Crippen molar-refractivity contribution in [2.75, 3.05) is 25.4 Å². The van der Waals surface area contributed by atoms with Crippen molar-refractivity contribution in [3.63, 3.8) is 0 Å². The van der Waals surface area contributed by atoms with Gasteiger partial charge in [0.2, 0.25) is 5.91 Å². The Hall–Kier alpha value is -2.35. The minimum atomic E-state index is -0.128. The number of rotatable bonds is 13. The first kappa shape index (κ1) is 27.2. The average Bonchev–Trinajstić information content (AvgIpc) is 2.84. The Morgan fingerprint density at radius 3 is 2.66 bits per heavy atom. The zero-order valence-corrected chi connectivity index (χ0v) is 22.4. The Bertz CT molecular complexity index is 1180. The van der Waals surface area contributed by atoms with E-state index in [9.17, 15) is 9.59 Å². The van der Waals surface area contributed by atoms with Crippen molar-refractivity contribution in [1.29, 1.82) is 0 Å². The molecule has 0 spiro atoms. The van der Waals surface area contributed by atoms with Crippen molar-refractivity contribution in [2.24, 2.45) is 0 Å². The lowest BCUT2D eigenvalue weighted by molar-refractivity contribution is -0.121. The number of aromatic nitrogens is 2. The molecule has 1 amide bonds. The van der Waals surface area contributed by atoms with Crippen LogP contribution in [0.25, 0.3) is 16.6 Å². The predicted octanol–water partition coefficient (Wildman–Crippen LogP) is 5.54. The van der Waals surface area contributed by atoms with Crippen LogP contribution >= 0.6 is 23.4 Å². The topological polar surface area (TPSA) is 67.2 Å². The third kappa shape index (κ3) is 7.82. The second-order valence-electron chi connectivity index (χ2n) is 8.62. The van der Waals surface area contributed by atoms with Crippen LogP contribution < -0.4 is 10.9 Å². The van der Waals surface area contributed by atoms with Gasteiger partial charge in [0.25, 0.3) is 5.56 Å². The van der Waals surface area contributed by atoms with Crippen LogP contribution in [-0.2, 0) is 4.79 Å². The minimum absolute atomic E-state index is 0.0691. The fraction of sp³-hybridized carbons (Fsp3) is 0.444. The molecule has 35 heavy (non-hydrogen) atoms. The van der Waals surface area contributed by atoms with Crippen molar-refractivity contribution in [3.8, 4) is 5.69 Å². The molecule has 0 aliphatic carbocycles. The molecule has 0 fully saturated rings. The number of thioether (sulfide) groups is 1. The Morgan fingerprint density at radius 1 is 1.14 bits per heavy atom. The van der Waals surface area contributed by atoms with Crippen LogP contribution in [0, 0.1) is 0 Å². The van der Waals surface area contributed by atoms with Gasteiger partial charge in [0, 0.05) is 23.2 Å². The van der Waals surface area contributed by atoms with Crippen molar-refractivity contribution in [2.45, 2.75) is 57.7 Å². The zero-order valence-electron chi connectivity index (χ0n) is 20.8. The van der Waals surface area contributed by atoms with Crippen LogP contribution in [0.4, 0.5) is 0 Å². The number of benzene rings is 2. The molecule has 1 N–H and O–H groups in total. The monoisotopic (exact) mass is 514 g/mol. The summed E-state index contributed by atoms with van der Waals surface area (Å²) in [5.41, 5.74) is 1.21. The predicted molar refractivity (Wildman–Crippen MR) is 147 cm³/mol. The fourth-order valence-electron chi connectivity index (χ4n) is 4.03. The van der Waals surface area contributed by atoms with Gasteiger partial charge in [0.15, 0.2) is 5.16 Å². The Kier molecular flexibility index (Phi) is 10.6. The third-order valence-corrected chi connectivity index (χ3v) is 7.26. The number of carbonyl (C=O) groups excluding carboxylic acids is 1. The molecule has 188 valence electrons. The molecule has 1 unspecified atom stereocenters. The standard InChI is InChI=1S/C27H35ClN4O2S/c1-4-31(5-2)17-9-11-20(3)29-25(33)16-10-18-35-27-30-24-15-7-6-14-23(24)26(34)32(27)22-13-8-12-21(28)19-22/h6-8,12-15,19-20H,4-5,9-11,16-18H2,1-3H3,(H,29,33). The molecule has 0 aliphatic rings. The lowest BCUT2D eigenvalue weighted by Gasteiger charge is -2.19. The highest BCUT2D eigenvalue weighted by molar-refractivity contribution is 7.99. The van der Waals surface area contributed by atoms with Crippen molar-refractivity contribution in [1.82, 2.24) is 19.8 Å². The number of para-hydroxylation sites is 1. The van der Waals surface area contributed by atoms with Crippen LogP contribution in [-0.4, -0.2) is 51.8 Å². The maximum atomic E-state index is 13.3. The van der Waals surface area contributed by atoms with Gasteiger partial charge in [-0.2, -0.15) is 0 Å². The summed E-state index contributed by atoms with van der Waals surface area (Å²) in [6.07, 6.45) is 3.20. The van der Waals surface area contributed by atoms with Crippen LogP contribution in [0.2, 0.25) is 5.02 Å². The number of nitrogens with zero attached hydrogens (tertiary/aromatic N) is 3. The number of hydrogen-bond acceptors (Lipinski definition) is 5. The summed E-state index contributed by atoms with van der Waals surface area (Å²) in [5.74, 6) is 0.745. The highest BCUT2D eigenvalue weighted by atomic mass is 35.5. The SMILES string of the molecule is CCN(CC)CCCC(C)NC(=O)CCCSc1nc2ccccc2c(=O)n1-c1cccc(Cl)c1. The molecular weight excluding hydrogens is 480 g/mol. The van der Waals surface area contributed by atoms with Gasteiger partial charge in [-0.3, -0.25) is 14.2 Å². The van der Waals surface area contributed by atoms with Gasteiger partial charge in [-0.25, -0.2) is 4.98 Å². The maximum absolute atomic E-state index is 13.3. The van der Waals surface area contributed by atoms with E-state index in [2.05, 4.69) is 31.0 Å². The smallest absolute Gasteiger partial charge is 0.266 e. The van der Waals surface area contributed by atoms with Crippen molar-refractivity contribution < 1.29 is 4.79 Å². The van der Waals surface area contributed by atoms with E-state index in [1.165, 1.54) is 11.8 Å². The van der Waals surface area contributed by atoms with E-state index in [1.807, 2.05) is 30.3 Å². The molecule has 0 aliphatic heterocycles. The summed E-state index contributed by atoms with van der Waals surface area (Å²) < 4.78 is 1.61. The van der Waals surface area contributed by atoms with Gasteiger partial charge in [-0.15, -0.1) is 0 Å². The summed E-state index contributed by atoms with van der Waals surface area (Å²) >= 11 is 7.68. The van der Waals surface area contributed by atoms with E-state index in [0.717, 1.165) is 32.5 Å². The van der Waals surface area contributed by atoms with Crippen LogP contribution in [0.5, 0.6) is 0 Å². The number of amides is 1. The first-order valence-corrected chi connectivity index (χ1v) is 13.7. The van der Waals surface area contributed by atoms with Crippen LogP contribution in [0.15, 0.2) is 58.5 Å². The molecule has 8 heteroatoms. The summed E-state index contributed by atoms with van der Waals surface area (Å²) in [6.45, 7) is 9.61. The van der Waals surface area contributed by atoms with Gasteiger partial charge >= 0.3 is 0 Å². The number of carbonyl (C=O) groups is 1. The quantitative estimate of drug-likeness (QED) is 0.184. The van der Waals surface area contributed by atoms with Gasteiger partial charge < -0.3 is 10.2 Å². The number of hydrogen-bond donors (Lipinski definition) is 1. The molecule has 2 aromatic carbocycles. The molecule has 1 atom stereocenters. The highest BCUT2D eigenvalue weighted by Crippen LogP contribution is 2.23. The normalized spacial score (nSPS) is 12.3. The first-order valence-electron chi connectivity index (χ1n) is 12.3. The largest absolute Gasteiger partial charge is 0.354 e. The van der Waals surface area contributed by atoms with Crippen LogP contribution in [0.1, 0.15) is 46.5 Å². The van der Waals surface area contributed by atoms with Crippen molar-refractivity contribution >= 4 is 40.2 Å². The molecule has 0 saturated carbocycles. The van der Waals surface area contributed by atoms with Gasteiger partial charge in [0.05, 0.1) is 16.6 Å². The second kappa shape index (κ2) is 13.7. The number of halogens is 1. The first-order chi connectivity index (χ1) is 16.9. The summed E-state index contributed by atoms with van der Waals surface area (Å²) in [6, 6.07) is 14.7. The Balaban J connectivity index is 1.59. The lowest BCUT2D eigenvalue weighted by Crippen LogP contribution is -2.33. The van der Waals surface area contributed by atoms with Gasteiger partial charge in [0.1, 0.15) is 0 Å². The summed E-state index contributed by atoms with van der Waals surface area (Å²) in [7, 11) is 0. The number of nitrogens with one attached hydrogen (secondary N) is 1. The molecular formula is C27H35ClN4O2S. The average molecular weight is 515 g/mol. The second-order valence-corrected chi connectivity index (χ2v) is 10.1. The highest BCUT2D eigenvalue weighted by Gasteiger charge is 2.14. The van der Waals surface area contributed by atoms with Gasteiger partial charge in [-0.1, -0.05) is 55.4 Å². The summed E-state index contributed by atoms with van der Waals surface area (Å²) in [4.78, 5) is 32.8. The maximum Gasteiger partial charge on any atom is 0.266 e. The lowest BCUT2D eigenvalue weighted by atomic mass is 10.1. The summed E-state index contributed by atoms with van der Waals surface area (Å²) in [5, 5.41) is 4.83. The Labute approximate surface area is 217 Å². The van der Waals surface area contributed by atoms with Crippen LogP contribution in [0.3, 0.4) is 0 Å². The van der Waals surface area contributed by atoms with E-state index in [4.69, 9.17) is 16.6 Å². The van der Waals surface area contributed by atoms with E-state index in [-0.39, 0.29) is 17.5 Å². The molecule has 1 aromatic heterocycles. The molecule has 3 rings (SSSR count). The molecule has 0 radical (unpaired) electrons. The van der Waals surface area contributed by atoms with E-state index >= 15 is 0 Å². The Morgan fingerprint density at radius 2 is 1.91 bits per heavy atom. The third-order valence-electron chi connectivity index (χ3n) is 6.00. The molecule has 1 heterocycles. The molecule has 0 bridgehead atoms. The minimum Gasteiger partial charge on any atom is -0.354 e. The van der Waals surface area contributed by atoms with E-state index in [1.54, 1.807) is 22.8 Å². The molecule has 6 nitrogen and oxygen atoms in total. The molecule has 0 saturated heterocycles. The number of fused-ring (bicyclic) bond motifs is 1.